The molecule has 0 rings (SSSR count). The minimum Gasteiger partial charge on any atom is -0.373 e. The molecule has 0 heterocycles. The van der Waals surface area contributed by atoms with Gasteiger partial charge in [0.25, 0.3) is 0 Å². The first kappa shape index (κ1) is 6.05. The molecule has 0 aliphatic carbocycles. The summed E-state index contributed by atoms with van der Waals surface area (Å²) in [5, 5.41) is 0. The Morgan fingerprint density at radius 2 is 1.33 bits per heavy atom. The van der Waals surface area contributed by atoms with Gasteiger partial charge >= 0.3 is 0 Å². The molecule has 0 aliphatic rings. The molecule has 2 nitrogen and oxygen atoms in total. The third kappa shape index (κ3) is 4.05. The van der Waals surface area contributed by atoms with Crippen molar-refractivity contribution in [2.45, 2.75) is 12.6 Å². The van der Waals surface area contributed by atoms with Crippen LogP contribution in [0, 0.1) is 0 Å². The zero-order valence-corrected chi connectivity index (χ0v) is 3.98. The van der Waals surface area contributed by atoms with E-state index in [1.165, 1.54) is 0 Å². The van der Waals surface area contributed by atoms with Gasteiger partial charge in [0.1, 0.15) is 0 Å². The summed E-state index contributed by atoms with van der Waals surface area (Å²) in [5.41, 5.74) is 10.3. The van der Waals surface area contributed by atoms with E-state index < -0.39 is 0 Å². The third-order valence-electron chi connectivity index (χ3n) is 0.658. The van der Waals surface area contributed by atoms with Gasteiger partial charge in [-0.3, -0.25) is 0 Å². The number of rotatable bonds is 3. The Labute approximate surface area is 39.8 Å². The molecule has 6 heavy (non-hydrogen) atoms. The number of hydrogen-bond donors (Lipinski definition) is 2. The predicted octanol–water partition coefficient (Wildman–Crippen LogP) is -1.56. The van der Waals surface area contributed by atoms with Crippen LogP contribution in [0.4, 0.5) is 0 Å². The van der Waals surface area contributed by atoms with E-state index in [2.05, 4.69) is 0 Å². The van der Waals surface area contributed by atoms with Crippen LogP contribution in [0.25, 0.3) is 0 Å². The molecule has 0 spiro atoms. The van der Waals surface area contributed by atoms with E-state index in [4.69, 9.17) is 11.3 Å². The molecular formula is C2H10B2N2. The zero-order valence-electron chi connectivity index (χ0n) is 3.98. The maximum atomic E-state index is 5.16. The first-order chi connectivity index (χ1) is 2.91. The van der Waals surface area contributed by atoms with Crippen molar-refractivity contribution in [2.24, 2.45) is 11.3 Å². The van der Waals surface area contributed by atoms with Gasteiger partial charge in [0, 0.05) is 0 Å². The van der Waals surface area contributed by atoms with Crippen LogP contribution in [0.15, 0.2) is 0 Å². The van der Waals surface area contributed by atoms with Crippen LogP contribution < -0.4 is 11.3 Å². The van der Waals surface area contributed by atoms with Crippen molar-refractivity contribution in [3.05, 3.63) is 0 Å². The van der Waals surface area contributed by atoms with Gasteiger partial charge in [-0.1, -0.05) is 12.6 Å². The summed E-state index contributed by atoms with van der Waals surface area (Å²) in [4.78, 5) is 0. The van der Waals surface area contributed by atoms with E-state index in [0.717, 1.165) is 27.5 Å². The van der Waals surface area contributed by atoms with Gasteiger partial charge in [0.15, 0.2) is 14.8 Å². The van der Waals surface area contributed by atoms with Crippen LogP contribution in [0.5, 0.6) is 0 Å². The van der Waals surface area contributed by atoms with E-state index in [-0.39, 0.29) is 0 Å². The van der Waals surface area contributed by atoms with Crippen molar-refractivity contribution in [2.75, 3.05) is 0 Å². The summed E-state index contributed by atoms with van der Waals surface area (Å²) in [6.45, 7) is 0. The van der Waals surface area contributed by atoms with Crippen molar-refractivity contribution in [1.29, 1.82) is 0 Å². The molecule has 4 heteroatoms. The highest BCUT2D eigenvalue weighted by Crippen LogP contribution is 1.77. The first-order valence-electron chi connectivity index (χ1n) is 2.32. The van der Waals surface area contributed by atoms with Crippen LogP contribution in [0.2, 0.25) is 12.6 Å². The minimum atomic E-state index is 0.775. The molecular weight excluding hydrogens is 73.7 g/mol. The molecule has 0 aromatic carbocycles. The Morgan fingerprint density at radius 3 is 1.50 bits per heavy atom. The molecule has 0 aromatic heterocycles. The quantitative estimate of drug-likeness (QED) is 0.321. The number of hydrogen-bond acceptors (Lipinski definition) is 2. The molecule has 0 radical (unpaired) electrons. The van der Waals surface area contributed by atoms with E-state index in [1.54, 1.807) is 0 Å². The Kier molecular flexibility index (Phi) is 5.09. The first-order valence-corrected chi connectivity index (χ1v) is 2.32. The van der Waals surface area contributed by atoms with Gasteiger partial charge in [-0.05, 0) is 0 Å². The summed E-state index contributed by atoms with van der Waals surface area (Å²) in [6.07, 6.45) is 2.13. The van der Waals surface area contributed by atoms with Crippen molar-refractivity contribution in [3.8, 4) is 0 Å². The summed E-state index contributed by atoms with van der Waals surface area (Å²) in [7, 11) is 1.55. The molecule has 0 aliphatic heterocycles. The Bertz CT molecular complexity index is 21.5. The topological polar surface area (TPSA) is 52.0 Å². The SMILES string of the molecule is NBCCBN. The van der Waals surface area contributed by atoms with E-state index in [1.807, 2.05) is 0 Å². The van der Waals surface area contributed by atoms with E-state index in [9.17, 15) is 0 Å². The minimum absolute atomic E-state index is 0.775. The van der Waals surface area contributed by atoms with Crippen molar-refractivity contribution in [1.82, 2.24) is 0 Å². The van der Waals surface area contributed by atoms with Crippen LogP contribution in [-0.2, 0) is 0 Å². The van der Waals surface area contributed by atoms with Gasteiger partial charge < -0.3 is 11.3 Å². The van der Waals surface area contributed by atoms with Crippen molar-refractivity contribution in [3.63, 3.8) is 0 Å². The third-order valence-corrected chi connectivity index (χ3v) is 0.658. The molecule has 0 saturated heterocycles. The monoisotopic (exact) mass is 84.1 g/mol. The standard InChI is InChI=1S/C2H10B2N2/c5-3-1-2-4-6/h3-4H,1-2,5-6H2. The molecule has 0 fully saturated rings. The molecule has 0 atom stereocenters. The van der Waals surface area contributed by atoms with Crippen molar-refractivity contribution < 1.29 is 0 Å². The molecule has 0 aromatic rings. The molecule has 0 bridgehead atoms. The van der Waals surface area contributed by atoms with Gasteiger partial charge in [0.05, 0.1) is 0 Å². The maximum Gasteiger partial charge on any atom is 0.197 e. The Morgan fingerprint density at radius 1 is 1.00 bits per heavy atom. The summed E-state index contributed by atoms with van der Waals surface area (Å²) in [5.74, 6) is 0. The zero-order chi connectivity index (χ0) is 4.83. The highest BCUT2D eigenvalue weighted by molar-refractivity contribution is 6.37. The lowest BCUT2D eigenvalue weighted by Crippen LogP contribution is -2.09. The second-order valence-electron chi connectivity index (χ2n) is 1.28. The van der Waals surface area contributed by atoms with Crippen LogP contribution in [0.3, 0.4) is 0 Å². The van der Waals surface area contributed by atoms with Crippen LogP contribution in [-0.4, -0.2) is 14.8 Å². The molecule has 4 N–H and O–H groups in total. The second kappa shape index (κ2) is 5.05. The fourth-order valence-electron chi connectivity index (χ4n) is 0.289. The highest BCUT2D eigenvalue weighted by atomic mass is 14.4. The predicted molar refractivity (Wildman–Crippen MR) is 32.3 cm³/mol. The molecule has 0 saturated carbocycles. The molecule has 34 valence electrons. The lowest BCUT2D eigenvalue weighted by Gasteiger charge is -1.82. The highest BCUT2D eigenvalue weighted by Gasteiger charge is 1.81. The fraction of sp³-hybridized carbons (Fsp3) is 1.00. The van der Waals surface area contributed by atoms with E-state index in [0.29, 0.717) is 0 Å². The van der Waals surface area contributed by atoms with Gasteiger partial charge in [-0.25, -0.2) is 0 Å². The Balaban J connectivity index is 2.34. The average molecular weight is 83.7 g/mol. The second-order valence-corrected chi connectivity index (χ2v) is 1.28. The van der Waals surface area contributed by atoms with Gasteiger partial charge in [-0.15, -0.1) is 0 Å². The lowest BCUT2D eigenvalue weighted by atomic mass is 9.77. The molecule has 0 amide bonds. The molecule has 0 unspecified atom stereocenters. The van der Waals surface area contributed by atoms with Gasteiger partial charge in [-0.2, -0.15) is 0 Å². The smallest absolute Gasteiger partial charge is 0.197 e. The van der Waals surface area contributed by atoms with Crippen molar-refractivity contribution >= 4 is 14.8 Å². The largest absolute Gasteiger partial charge is 0.373 e. The fourth-order valence-corrected chi connectivity index (χ4v) is 0.289. The van der Waals surface area contributed by atoms with Crippen LogP contribution >= 0.6 is 0 Å². The summed E-state index contributed by atoms with van der Waals surface area (Å²) < 4.78 is 0. The van der Waals surface area contributed by atoms with Gasteiger partial charge in [0.2, 0.25) is 0 Å². The van der Waals surface area contributed by atoms with E-state index >= 15 is 0 Å². The normalized spacial score (nSPS) is 7.67. The Hall–Kier alpha value is 0.0499. The lowest BCUT2D eigenvalue weighted by molar-refractivity contribution is 1.38. The van der Waals surface area contributed by atoms with Crippen LogP contribution in [0.1, 0.15) is 0 Å². The maximum absolute atomic E-state index is 5.16. The average Bonchev–Trinajstić information content (AvgIpc) is 1.61. The summed E-state index contributed by atoms with van der Waals surface area (Å²) >= 11 is 0. The summed E-state index contributed by atoms with van der Waals surface area (Å²) in [6, 6.07) is 0. The number of nitrogens with two attached hydrogens (primary N) is 2.